The molecule has 0 bridgehead atoms. The van der Waals surface area contributed by atoms with Crippen molar-refractivity contribution in [1.82, 2.24) is 15.0 Å². The Hall–Kier alpha value is -2.08. The molecule has 0 radical (unpaired) electrons. The van der Waals surface area contributed by atoms with Gasteiger partial charge in [0.05, 0.1) is 0 Å². The van der Waals surface area contributed by atoms with Crippen LogP contribution >= 0.6 is 0 Å². The number of nitrogens with one attached hydrogen (secondary N) is 1. The van der Waals surface area contributed by atoms with Crippen molar-refractivity contribution in [3.05, 3.63) is 35.5 Å². The maximum absolute atomic E-state index is 5.47. The molecule has 4 rings (SSSR count). The van der Waals surface area contributed by atoms with E-state index in [4.69, 9.17) is 4.52 Å². The van der Waals surface area contributed by atoms with Gasteiger partial charge in [0, 0.05) is 49.5 Å². The van der Waals surface area contributed by atoms with Crippen molar-refractivity contribution in [2.45, 2.75) is 58.5 Å². The molecule has 0 unspecified atom stereocenters. The van der Waals surface area contributed by atoms with Crippen LogP contribution in [0.2, 0.25) is 0 Å². The molecular weight excluding hydrogens is 338 g/mol. The Morgan fingerprint density at radius 3 is 2.48 bits per heavy atom. The first-order valence-electron chi connectivity index (χ1n) is 10.2. The molecule has 0 spiro atoms. The van der Waals surface area contributed by atoms with E-state index in [2.05, 4.69) is 71.2 Å². The molecule has 1 N–H and O–H groups in total. The Balaban J connectivity index is 1.43. The van der Waals surface area contributed by atoms with E-state index in [1.807, 2.05) is 0 Å². The topological polar surface area (TPSA) is 57.4 Å². The van der Waals surface area contributed by atoms with E-state index in [1.54, 1.807) is 0 Å². The van der Waals surface area contributed by atoms with Crippen LogP contribution in [0.4, 0.5) is 11.4 Å². The van der Waals surface area contributed by atoms with Crippen molar-refractivity contribution in [2.24, 2.45) is 0 Å². The average molecular weight is 370 g/mol. The third kappa shape index (κ3) is 4.26. The molecule has 1 aromatic carbocycles. The lowest BCUT2D eigenvalue weighted by Gasteiger charge is -2.38. The Labute approximate surface area is 161 Å². The number of anilines is 2. The predicted octanol–water partition coefficient (Wildman–Crippen LogP) is 3.96. The second-order valence-corrected chi connectivity index (χ2v) is 8.31. The fourth-order valence-corrected chi connectivity index (χ4v) is 3.77. The highest BCUT2D eigenvalue weighted by atomic mass is 16.5. The standard InChI is InChI=1S/C21H31N5O/c1-14(2)25-7-9-26(10-8-25)19-12-15(3)11-18(13-19)22-16(4)21-23-20(24-27-21)17-5-6-17/h11-14,16-17,22H,5-10H2,1-4H3/t16-/m0/s1. The van der Waals surface area contributed by atoms with Gasteiger partial charge in [-0.05, 0) is 64.3 Å². The highest BCUT2D eigenvalue weighted by Crippen LogP contribution is 2.38. The van der Waals surface area contributed by atoms with Gasteiger partial charge in [-0.2, -0.15) is 4.98 Å². The van der Waals surface area contributed by atoms with E-state index >= 15 is 0 Å². The van der Waals surface area contributed by atoms with Crippen LogP contribution in [0, 0.1) is 6.92 Å². The highest BCUT2D eigenvalue weighted by Gasteiger charge is 2.29. The lowest BCUT2D eigenvalue weighted by Crippen LogP contribution is -2.48. The van der Waals surface area contributed by atoms with E-state index in [9.17, 15) is 0 Å². The zero-order chi connectivity index (χ0) is 19.0. The number of rotatable bonds is 6. The minimum absolute atomic E-state index is 0.00237. The lowest BCUT2D eigenvalue weighted by atomic mass is 10.1. The molecule has 1 saturated carbocycles. The second-order valence-electron chi connectivity index (χ2n) is 8.31. The molecule has 27 heavy (non-hydrogen) atoms. The smallest absolute Gasteiger partial charge is 0.248 e. The number of hydrogen-bond acceptors (Lipinski definition) is 6. The summed E-state index contributed by atoms with van der Waals surface area (Å²) in [5.41, 5.74) is 3.66. The number of piperazine rings is 1. The van der Waals surface area contributed by atoms with Crippen LogP contribution in [-0.2, 0) is 0 Å². The van der Waals surface area contributed by atoms with E-state index in [0.717, 1.165) is 37.7 Å². The fourth-order valence-electron chi connectivity index (χ4n) is 3.77. The molecule has 1 saturated heterocycles. The molecule has 2 heterocycles. The van der Waals surface area contributed by atoms with Crippen LogP contribution in [0.5, 0.6) is 0 Å². The molecule has 1 aliphatic heterocycles. The van der Waals surface area contributed by atoms with E-state index in [1.165, 1.54) is 24.1 Å². The summed E-state index contributed by atoms with van der Waals surface area (Å²) >= 11 is 0. The summed E-state index contributed by atoms with van der Waals surface area (Å²) < 4.78 is 5.47. The van der Waals surface area contributed by atoms with Crippen molar-refractivity contribution >= 4 is 11.4 Å². The first-order chi connectivity index (χ1) is 13.0. The summed E-state index contributed by atoms with van der Waals surface area (Å²) in [5.74, 6) is 2.06. The molecule has 2 aliphatic rings. The molecule has 0 amide bonds. The molecule has 2 aromatic rings. The van der Waals surface area contributed by atoms with Gasteiger partial charge in [-0.25, -0.2) is 0 Å². The second kappa shape index (κ2) is 7.50. The Morgan fingerprint density at radius 2 is 1.81 bits per heavy atom. The van der Waals surface area contributed by atoms with Crippen LogP contribution in [-0.4, -0.2) is 47.3 Å². The number of nitrogens with zero attached hydrogens (tertiary/aromatic N) is 4. The quantitative estimate of drug-likeness (QED) is 0.832. The number of benzene rings is 1. The Morgan fingerprint density at radius 1 is 1.07 bits per heavy atom. The maximum Gasteiger partial charge on any atom is 0.248 e. The highest BCUT2D eigenvalue weighted by molar-refractivity contribution is 5.61. The Kier molecular flexibility index (Phi) is 5.08. The molecule has 1 aromatic heterocycles. The zero-order valence-corrected chi connectivity index (χ0v) is 16.9. The van der Waals surface area contributed by atoms with Gasteiger partial charge in [-0.1, -0.05) is 5.16 Å². The third-order valence-electron chi connectivity index (χ3n) is 5.63. The summed E-state index contributed by atoms with van der Waals surface area (Å²) in [4.78, 5) is 9.60. The maximum atomic E-state index is 5.47. The first kappa shape index (κ1) is 18.3. The molecule has 1 atom stereocenters. The molecule has 2 fully saturated rings. The van der Waals surface area contributed by atoms with Crippen molar-refractivity contribution in [1.29, 1.82) is 0 Å². The largest absolute Gasteiger partial charge is 0.374 e. The van der Waals surface area contributed by atoms with Gasteiger partial charge in [0.2, 0.25) is 5.89 Å². The van der Waals surface area contributed by atoms with Crippen LogP contribution in [0.25, 0.3) is 0 Å². The Bertz CT molecular complexity index is 775. The summed E-state index contributed by atoms with van der Waals surface area (Å²) in [6.07, 6.45) is 2.37. The van der Waals surface area contributed by atoms with Crippen molar-refractivity contribution < 1.29 is 4.52 Å². The monoisotopic (exact) mass is 369 g/mol. The van der Waals surface area contributed by atoms with Gasteiger partial charge >= 0.3 is 0 Å². The molecule has 6 nitrogen and oxygen atoms in total. The predicted molar refractivity (Wildman–Crippen MR) is 108 cm³/mol. The van der Waals surface area contributed by atoms with Gasteiger partial charge in [0.1, 0.15) is 6.04 Å². The molecule has 6 heteroatoms. The van der Waals surface area contributed by atoms with E-state index < -0.39 is 0 Å². The van der Waals surface area contributed by atoms with Crippen LogP contribution in [0.1, 0.15) is 62.9 Å². The van der Waals surface area contributed by atoms with Gasteiger partial charge < -0.3 is 14.7 Å². The summed E-state index contributed by atoms with van der Waals surface area (Å²) in [7, 11) is 0. The van der Waals surface area contributed by atoms with Crippen molar-refractivity contribution in [3.8, 4) is 0 Å². The van der Waals surface area contributed by atoms with Crippen LogP contribution < -0.4 is 10.2 Å². The van der Waals surface area contributed by atoms with Gasteiger partial charge in [0.25, 0.3) is 0 Å². The van der Waals surface area contributed by atoms with Crippen molar-refractivity contribution in [3.63, 3.8) is 0 Å². The third-order valence-corrected chi connectivity index (χ3v) is 5.63. The molecule has 146 valence electrons. The van der Waals surface area contributed by atoms with Gasteiger partial charge in [-0.15, -0.1) is 0 Å². The average Bonchev–Trinajstić information content (AvgIpc) is 3.38. The van der Waals surface area contributed by atoms with Crippen LogP contribution in [0.15, 0.2) is 22.7 Å². The normalized spacial score (nSPS) is 19.5. The SMILES string of the molecule is Cc1cc(N[C@@H](C)c2nc(C3CC3)no2)cc(N2CCN(C(C)C)CC2)c1. The van der Waals surface area contributed by atoms with E-state index in [-0.39, 0.29) is 6.04 Å². The number of hydrogen-bond donors (Lipinski definition) is 1. The van der Waals surface area contributed by atoms with Crippen molar-refractivity contribution in [2.75, 3.05) is 36.4 Å². The minimum Gasteiger partial charge on any atom is -0.374 e. The zero-order valence-electron chi connectivity index (χ0n) is 16.9. The number of aromatic nitrogens is 2. The van der Waals surface area contributed by atoms with Gasteiger partial charge in [0.15, 0.2) is 5.82 Å². The summed E-state index contributed by atoms with van der Waals surface area (Å²) in [6, 6.07) is 7.32. The lowest BCUT2D eigenvalue weighted by molar-refractivity contribution is 0.209. The van der Waals surface area contributed by atoms with E-state index in [0.29, 0.717) is 17.9 Å². The summed E-state index contributed by atoms with van der Waals surface area (Å²) in [6.45, 7) is 13.2. The minimum atomic E-state index is -0.00237. The summed E-state index contributed by atoms with van der Waals surface area (Å²) in [5, 5.41) is 7.68. The van der Waals surface area contributed by atoms with Crippen LogP contribution in [0.3, 0.4) is 0 Å². The molecule has 1 aliphatic carbocycles. The van der Waals surface area contributed by atoms with Gasteiger partial charge in [-0.3, -0.25) is 4.90 Å². The molecular formula is C21H31N5O. The first-order valence-corrected chi connectivity index (χ1v) is 10.2. The number of aryl methyl sites for hydroxylation is 1. The fraction of sp³-hybridized carbons (Fsp3) is 0.619.